The minimum atomic E-state index is -4.63. The molecular formula is C34H29FN4O7S. The van der Waals surface area contributed by atoms with Crippen LogP contribution in [0, 0.1) is 5.82 Å². The smallest absolute Gasteiger partial charge is 0.410 e. The number of halogens is 1. The molecule has 3 heterocycles. The number of aromatic nitrogens is 1. The number of hydrogen-bond donors (Lipinski definition) is 1. The maximum atomic E-state index is 14.0. The van der Waals surface area contributed by atoms with E-state index >= 15 is 0 Å². The number of likely N-dealkylation sites (tertiary alicyclic amines) is 1. The summed E-state index contributed by atoms with van der Waals surface area (Å²) in [7, 11) is -4.63. The number of nitrogens with one attached hydrogen (secondary N) is 1. The number of sulfonamides is 1. The van der Waals surface area contributed by atoms with Crippen LogP contribution in [0.5, 0.6) is 5.75 Å². The van der Waals surface area contributed by atoms with Crippen molar-refractivity contribution in [3.05, 3.63) is 120 Å². The number of hydrogen-bond acceptors (Lipinski definition) is 8. The number of benzene rings is 3. The first-order chi connectivity index (χ1) is 22.6. The normalized spacial score (nSPS) is 18.4. The van der Waals surface area contributed by atoms with E-state index in [0.717, 1.165) is 15.4 Å². The van der Waals surface area contributed by atoms with Gasteiger partial charge in [-0.15, -0.1) is 0 Å². The van der Waals surface area contributed by atoms with Crippen molar-refractivity contribution >= 4 is 32.9 Å². The molecule has 3 aromatic carbocycles. The zero-order chi connectivity index (χ0) is 33.1. The number of ketones is 1. The SMILES string of the molecule is O=C(NC(Cc1ccc(F)cc1)C(=O)N1CCC2C1C(=O)CN2S(=O)(=O)C(=O)c1ccccn1)Oc1ccc(-c2ccccc2)cc1. The third-order valence-corrected chi connectivity index (χ3v) is 9.89. The van der Waals surface area contributed by atoms with Gasteiger partial charge in [-0.25, -0.2) is 17.6 Å². The van der Waals surface area contributed by atoms with Gasteiger partial charge in [-0.05, 0) is 59.5 Å². The van der Waals surface area contributed by atoms with Crippen LogP contribution in [0.3, 0.4) is 0 Å². The number of rotatable bonds is 8. The average molecular weight is 657 g/mol. The van der Waals surface area contributed by atoms with Gasteiger partial charge in [0, 0.05) is 19.2 Å². The first-order valence-electron chi connectivity index (χ1n) is 14.8. The lowest BCUT2D eigenvalue weighted by molar-refractivity contribution is -0.138. The molecule has 2 fully saturated rings. The second-order valence-corrected chi connectivity index (χ2v) is 12.9. The van der Waals surface area contributed by atoms with Gasteiger partial charge in [0.15, 0.2) is 5.78 Å². The summed E-state index contributed by atoms with van der Waals surface area (Å²) in [6, 6.07) is 22.7. The van der Waals surface area contributed by atoms with Crippen LogP contribution in [0.1, 0.15) is 22.5 Å². The van der Waals surface area contributed by atoms with Gasteiger partial charge in [0.25, 0.3) is 10.0 Å². The first kappa shape index (κ1) is 31.7. The summed E-state index contributed by atoms with van der Waals surface area (Å²) in [5, 5.41) is 1.33. The van der Waals surface area contributed by atoms with E-state index in [1.54, 1.807) is 24.3 Å². The van der Waals surface area contributed by atoms with Crippen molar-refractivity contribution in [1.82, 2.24) is 19.5 Å². The van der Waals surface area contributed by atoms with Crippen molar-refractivity contribution < 1.29 is 36.7 Å². The van der Waals surface area contributed by atoms with Gasteiger partial charge in [-0.3, -0.25) is 19.4 Å². The fraction of sp³-hybridized carbons (Fsp3) is 0.206. The minimum Gasteiger partial charge on any atom is -0.410 e. The van der Waals surface area contributed by atoms with E-state index in [0.29, 0.717) is 5.56 Å². The van der Waals surface area contributed by atoms with Crippen molar-refractivity contribution in [3.8, 4) is 16.9 Å². The lowest BCUT2D eigenvalue weighted by Crippen LogP contribution is -2.53. The van der Waals surface area contributed by atoms with E-state index in [-0.39, 0.29) is 30.8 Å². The largest absolute Gasteiger partial charge is 0.413 e. The van der Waals surface area contributed by atoms with Crippen LogP contribution in [-0.4, -0.2) is 76.7 Å². The van der Waals surface area contributed by atoms with Crippen LogP contribution in [0.25, 0.3) is 11.1 Å². The molecule has 3 atom stereocenters. The number of fused-ring (bicyclic) bond motifs is 1. The molecule has 0 bridgehead atoms. The van der Waals surface area contributed by atoms with Gasteiger partial charge in [-0.2, -0.15) is 4.31 Å². The third-order valence-electron chi connectivity index (χ3n) is 8.19. The summed E-state index contributed by atoms with van der Waals surface area (Å²) in [5.41, 5.74) is 2.12. The summed E-state index contributed by atoms with van der Waals surface area (Å²) in [6.45, 7) is -0.585. The summed E-state index contributed by atoms with van der Waals surface area (Å²) >= 11 is 0. The Kier molecular flexibility index (Phi) is 8.92. The standard InChI is InChI=1S/C34H29FN4O7S/c35-25-13-9-22(10-14-25)20-28(37-34(43)46-26-15-11-24(12-16-26)23-6-2-1-3-7-23)32(41)38-19-17-29-31(38)30(40)21-39(29)47(44,45)33(42)27-8-4-5-18-36-27/h1-16,18,28-29,31H,17,19-21H2,(H,37,43). The third kappa shape index (κ3) is 6.67. The maximum absolute atomic E-state index is 14.0. The molecule has 1 aromatic heterocycles. The monoisotopic (exact) mass is 656 g/mol. The van der Waals surface area contributed by atoms with E-state index in [1.165, 1.54) is 53.6 Å². The highest BCUT2D eigenvalue weighted by Crippen LogP contribution is 2.33. The molecule has 0 spiro atoms. The lowest BCUT2D eigenvalue weighted by atomic mass is 10.0. The van der Waals surface area contributed by atoms with Gasteiger partial charge in [0.2, 0.25) is 5.91 Å². The molecule has 13 heteroatoms. The Labute approximate surface area is 270 Å². The minimum absolute atomic E-state index is 0.00129. The molecule has 2 amide bonds. The zero-order valence-electron chi connectivity index (χ0n) is 24.9. The highest BCUT2D eigenvalue weighted by Gasteiger charge is 2.55. The predicted octanol–water partition coefficient (Wildman–Crippen LogP) is 3.61. The van der Waals surface area contributed by atoms with E-state index < -0.39 is 63.4 Å². The summed E-state index contributed by atoms with van der Waals surface area (Å²) in [4.78, 5) is 58.2. The predicted molar refractivity (Wildman–Crippen MR) is 168 cm³/mol. The molecule has 2 aliphatic rings. The van der Waals surface area contributed by atoms with Crippen molar-refractivity contribution in [3.63, 3.8) is 0 Å². The summed E-state index contributed by atoms with van der Waals surface area (Å²) < 4.78 is 46.5. The Balaban J connectivity index is 1.19. The van der Waals surface area contributed by atoms with Crippen LogP contribution in [-0.2, 0) is 26.0 Å². The van der Waals surface area contributed by atoms with Crippen LogP contribution >= 0.6 is 0 Å². The Morgan fingerprint density at radius 3 is 2.28 bits per heavy atom. The molecule has 3 unspecified atom stereocenters. The fourth-order valence-corrected chi connectivity index (χ4v) is 7.42. The van der Waals surface area contributed by atoms with E-state index in [9.17, 15) is 32.0 Å². The highest BCUT2D eigenvalue weighted by atomic mass is 32.2. The number of carbonyl (C=O) groups excluding carboxylic acids is 4. The molecule has 47 heavy (non-hydrogen) atoms. The number of amides is 2. The Morgan fingerprint density at radius 2 is 1.60 bits per heavy atom. The van der Waals surface area contributed by atoms with Crippen LogP contribution in [0.15, 0.2) is 103 Å². The fourth-order valence-electron chi connectivity index (χ4n) is 5.94. The number of carbonyl (C=O) groups is 4. The van der Waals surface area contributed by atoms with Crippen molar-refractivity contribution in [2.75, 3.05) is 13.1 Å². The zero-order valence-corrected chi connectivity index (χ0v) is 25.7. The van der Waals surface area contributed by atoms with Gasteiger partial charge in [0.1, 0.15) is 29.3 Å². The van der Waals surface area contributed by atoms with Crippen LogP contribution in [0.2, 0.25) is 0 Å². The quantitative estimate of drug-likeness (QED) is 0.303. The topological polar surface area (TPSA) is 143 Å². The van der Waals surface area contributed by atoms with Gasteiger partial charge in [0.05, 0.1) is 12.6 Å². The number of nitrogens with zero attached hydrogens (tertiary/aromatic N) is 3. The van der Waals surface area contributed by atoms with Crippen LogP contribution < -0.4 is 10.1 Å². The Bertz CT molecular complexity index is 1910. The summed E-state index contributed by atoms with van der Waals surface area (Å²) in [5.74, 6) is -1.47. The Morgan fingerprint density at radius 1 is 0.915 bits per heavy atom. The second-order valence-electron chi connectivity index (χ2n) is 11.2. The molecule has 240 valence electrons. The molecule has 1 N–H and O–H groups in total. The molecule has 0 radical (unpaired) electrons. The lowest BCUT2D eigenvalue weighted by Gasteiger charge is -2.28. The summed E-state index contributed by atoms with van der Waals surface area (Å²) in [6.07, 6.45) is 0.383. The van der Waals surface area contributed by atoms with Crippen molar-refractivity contribution in [2.45, 2.75) is 31.0 Å². The van der Waals surface area contributed by atoms with Crippen molar-refractivity contribution in [2.24, 2.45) is 0 Å². The van der Waals surface area contributed by atoms with Gasteiger partial charge < -0.3 is 15.0 Å². The highest BCUT2D eigenvalue weighted by molar-refractivity contribution is 8.04. The van der Waals surface area contributed by atoms with E-state index in [2.05, 4.69) is 10.3 Å². The molecule has 0 aliphatic carbocycles. The molecule has 6 rings (SSSR count). The molecule has 0 saturated carbocycles. The molecule has 11 nitrogen and oxygen atoms in total. The maximum Gasteiger partial charge on any atom is 0.413 e. The molecule has 2 saturated heterocycles. The Hall–Kier alpha value is -5.27. The second kappa shape index (κ2) is 13.2. The number of ether oxygens (including phenoxy) is 1. The van der Waals surface area contributed by atoms with E-state index in [4.69, 9.17) is 4.74 Å². The number of Topliss-reactive ketones (excluding diaryl/α,β-unsaturated/α-hetero) is 1. The van der Waals surface area contributed by atoms with Gasteiger partial charge >= 0.3 is 11.2 Å². The van der Waals surface area contributed by atoms with Crippen LogP contribution in [0.4, 0.5) is 9.18 Å². The average Bonchev–Trinajstić information content (AvgIpc) is 3.67. The molecule has 2 aliphatic heterocycles. The van der Waals surface area contributed by atoms with Gasteiger partial charge in [-0.1, -0.05) is 60.7 Å². The van der Waals surface area contributed by atoms with E-state index in [1.807, 2.05) is 30.3 Å². The van der Waals surface area contributed by atoms with Crippen molar-refractivity contribution in [1.29, 1.82) is 0 Å². The molecule has 4 aromatic rings. The first-order valence-corrected chi connectivity index (χ1v) is 16.2. The number of pyridine rings is 1. The molecular weight excluding hydrogens is 627 g/mol.